The number of aromatic nitrogens is 3. The van der Waals surface area contributed by atoms with Crippen molar-refractivity contribution < 1.29 is 9.31 Å². The maximum Gasteiger partial charge on any atom is 0.270 e. The lowest BCUT2D eigenvalue weighted by molar-refractivity contribution is -0.384. The van der Waals surface area contributed by atoms with Crippen molar-refractivity contribution in [3.05, 3.63) is 76.9 Å². The zero-order valence-corrected chi connectivity index (χ0v) is 13.3. The summed E-state index contributed by atoms with van der Waals surface area (Å²) in [5, 5.41) is 14.7. The lowest BCUT2D eigenvalue weighted by atomic mass is 10.1. The van der Waals surface area contributed by atoms with Crippen molar-refractivity contribution in [1.82, 2.24) is 15.0 Å². The second kappa shape index (κ2) is 6.25. The molecule has 0 fully saturated rings. The Balaban J connectivity index is 1.76. The molecule has 0 saturated carbocycles. The Morgan fingerprint density at radius 3 is 2.73 bits per heavy atom. The lowest BCUT2D eigenvalue weighted by Gasteiger charge is -2.05. The van der Waals surface area contributed by atoms with Gasteiger partial charge in [-0.15, -0.1) is 0 Å². The van der Waals surface area contributed by atoms with Crippen LogP contribution in [-0.4, -0.2) is 19.9 Å². The van der Waals surface area contributed by atoms with Gasteiger partial charge in [-0.25, -0.2) is 14.4 Å². The molecule has 0 radical (unpaired) electrons. The van der Waals surface area contributed by atoms with Gasteiger partial charge < -0.3 is 10.3 Å². The van der Waals surface area contributed by atoms with Crippen molar-refractivity contribution in [3.8, 4) is 11.3 Å². The number of nitro groups is 1. The number of nitro benzene ring substituents is 1. The van der Waals surface area contributed by atoms with E-state index in [0.29, 0.717) is 33.8 Å². The van der Waals surface area contributed by atoms with E-state index in [0.717, 1.165) is 0 Å². The summed E-state index contributed by atoms with van der Waals surface area (Å²) in [4.78, 5) is 22.1. The number of anilines is 2. The summed E-state index contributed by atoms with van der Waals surface area (Å²) in [5.41, 5.74) is 2.47. The smallest absolute Gasteiger partial charge is 0.270 e. The molecule has 2 aromatic carbocycles. The Morgan fingerprint density at radius 1 is 1.08 bits per heavy atom. The molecule has 2 heterocycles. The third-order valence-corrected chi connectivity index (χ3v) is 3.88. The number of nitrogens with one attached hydrogen (secondary N) is 2. The Kier molecular flexibility index (Phi) is 3.77. The van der Waals surface area contributed by atoms with Gasteiger partial charge in [0.15, 0.2) is 0 Å². The number of hydrogen-bond acceptors (Lipinski definition) is 5. The number of halogens is 1. The van der Waals surface area contributed by atoms with Crippen molar-refractivity contribution in [3.63, 3.8) is 0 Å². The number of nitrogens with zero attached hydrogens (tertiary/aromatic N) is 3. The van der Waals surface area contributed by atoms with Crippen LogP contribution in [0.1, 0.15) is 0 Å². The van der Waals surface area contributed by atoms with Gasteiger partial charge in [-0.1, -0.05) is 18.2 Å². The summed E-state index contributed by atoms with van der Waals surface area (Å²) >= 11 is 0. The topological polar surface area (TPSA) is 96.7 Å². The van der Waals surface area contributed by atoms with Crippen LogP contribution in [0.4, 0.5) is 21.6 Å². The molecule has 4 rings (SSSR count). The van der Waals surface area contributed by atoms with Crippen molar-refractivity contribution in [2.75, 3.05) is 5.32 Å². The first-order chi connectivity index (χ1) is 12.6. The minimum atomic E-state index is -0.442. The summed E-state index contributed by atoms with van der Waals surface area (Å²) in [6.07, 6.45) is 1.39. The van der Waals surface area contributed by atoms with Gasteiger partial charge in [0.25, 0.3) is 5.69 Å². The minimum Gasteiger partial charge on any atom is -0.339 e. The molecule has 7 nitrogen and oxygen atoms in total. The maximum absolute atomic E-state index is 13.4. The zero-order valence-electron chi connectivity index (χ0n) is 13.3. The molecule has 0 aliphatic carbocycles. The molecular formula is C18H12FN5O2. The monoisotopic (exact) mass is 349 g/mol. The van der Waals surface area contributed by atoms with E-state index < -0.39 is 4.92 Å². The quantitative estimate of drug-likeness (QED) is 0.420. The largest absolute Gasteiger partial charge is 0.339 e. The molecule has 128 valence electrons. The van der Waals surface area contributed by atoms with Gasteiger partial charge in [-0.05, 0) is 24.3 Å². The molecule has 26 heavy (non-hydrogen) atoms. The molecule has 0 amide bonds. The molecule has 0 aliphatic heterocycles. The number of aromatic amines is 1. The summed E-state index contributed by atoms with van der Waals surface area (Å²) < 4.78 is 13.4. The van der Waals surface area contributed by atoms with E-state index in [-0.39, 0.29) is 11.5 Å². The van der Waals surface area contributed by atoms with Crippen LogP contribution >= 0.6 is 0 Å². The molecule has 4 aromatic rings. The van der Waals surface area contributed by atoms with E-state index in [1.165, 1.54) is 30.6 Å². The van der Waals surface area contributed by atoms with Crippen LogP contribution in [0.25, 0.3) is 22.3 Å². The van der Waals surface area contributed by atoms with Crippen LogP contribution in [0.5, 0.6) is 0 Å². The van der Waals surface area contributed by atoms with Crippen LogP contribution in [-0.2, 0) is 0 Å². The minimum absolute atomic E-state index is 0.00495. The highest BCUT2D eigenvalue weighted by atomic mass is 19.1. The third-order valence-electron chi connectivity index (χ3n) is 3.88. The van der Waals surface area contributed by atoms with E-state index in [1.54, 1.807) is 30.3 Å². The fraction of sp³-hybridized carbons (Fsp3) is 0. The maximum atomic E-state index is 13.4. The number of benzene rings is 2. The van der Waals surface area contributed by atoms with E-state index in [9.17, 15) is 14.5 Å². The zero-order chi connectivity index (χ0) is 18.1. The SMILES string of the molecule is O=[N+]([O-])c1cccc(-c2cc3c(Nc4cccc(F)c4)ncnc3[nH]2)c1. The molecule has 0 atom stereocenters. The Morgan fingerprint density at radius 2 is 1.92 bits per heavy atom. The molecule has 0 unspecified atom stereocenters. The van der Waals surface area contributed by atoms with Gasteiger partial charge in [0.2, 0.25) is 0 Å². The average Bonchev–Trinajstić information content (AvgIpc) is 3.07. The standard InChI is InChI=1S/C18H12FN5O2/c19-12-4-2-5-13(8-12)22-17-15-9-16(23-18(15)21-10-20-17)11-3-1-6-14(7-11)24(25)26/h1-10H,(H2,20,21,22,23). The van der Waals surface area contributed by atoms with Gasteiger partial charge in [0.05, 0.1) is 10.3 Å². The second-order valence-electron chi connectivity index (χ2n) is 5.61. The van der Waals surface area contributed by atoms with E-state index in [4.69, 9.17) is 0 Å². The summed E-state index contributed by atoms with van der Waals surface area (Å²) in [7, 11) is 0. The predicted octanol–water partition coefficient (Wildman–Crippen LogP) is 4.42. The highest BCUT2D eigenvalue weighted by Crippen LogP contribution is 2.30. The van der Waals surface area contributed by atoms with Gasteiger partial charge in [-0.2, -0.15) is 0 Å². The number of fused-ring (bicyclic) bond motifs is 1. The molecular weight excluding hydrogens is 337 g/mol. The highest BCUT2D eigenvalue weighted by molar-refractivity contribution is 5.93. The third kappa shape index (κ3) is 2.95. The van der Waals surface area contributed by atoms with Crippen molar-refractivity contribution in [2.45, 2.75) is 0 Å². The van der Waals surface area contributed by atoms with Crippen LogP contribution in [0.15, 0.2) is 60.9 Å². The summed E-state index contributed by atoms with van der Waals surface area (Å²) in [6.45, 7) is 0. The van der Waals surface area contributed by atoms with E-state index in [1.807, 2.05) is 0 Å². The van der Waals surface area contributed by atoms with Crippen molar-refractivity contribution in [2.24, 2.45) is 0 Å². The first-order valence-corrected chi connectivity index (χ1v) is 7.71. The van der Waals surface area contributed by atoms with Crippen LogP contribution in [0.3, 0.4) is 0 Å². The Hall–Kier alpha value is -3.81. The van der Waals surface area contributed by atoms with Crippen LogP contribution < -0.4 is 5.32 Å². The molecule has 2 N–H and O–H groups in total. The second-order valence-corrected chi connectivity index (χ2v) is 5.61. The Bertz CT molecular complexity index is 1130. The number of hydrogen-bond donors (Lipinski definition) is 2. The highest BCUT2D eigenvalue weighted by Gasteiger charge is 2.12. The molecule has 2 aromatic heterocycles. The first-order valence-electron chi connectivity index (χ1n) is 7.71. The number of non-ortho nitro benzene ring substituents is 1. The lowest BCUT2D eigenvalue weighted by Crippen LogP contribution is -1.95. The molecule has 0 aliphatic rings. The fourth-order valence-electron chi connectivity index (χ4n) is 2.68. The van der Waals surface area contributed by atoms with Crippen LogP contribution in [0.2, 0.25) is 0 Å². The van der Waals surface area contributed by atoms with Crippen molar-refractivity contribution >= 4 is 28.2 Å². The average molecular weight is 349 g/mol. The Labute approximate surface area is 146 Å². The van der Waals surface area contributed by atoms with Gasteiger partial charge >= 0.3 is 0 Å². The van der Waals surface area contributed by atoms with Gasteiger partial charge in [-0.3, -0.25) is 10.1 Å². The number of H-pyrrole nitrogens is 1. The fourth-order valence-corrected chi connectivity index (χ4v) is 2.68. The van der Waals surface area contributed by atoms with Gasteiger partial charge in [0.1, 0.15) is 23.6 Å². The van der Waals surface area contributed by atoms with Gasteiger partial charge in [0, 0.05) is 29.1 Å². The molecule has 0 spiro atoms. The summed E-state index contributed by atoms with van der Waals surface area (Å²) in [5.74, 6) is 0.153. The first kappa shape index (κ1) is 15.7. The molecule has 0 bridgehead atoms. The normalized spacial score (nSPS) is 10.8. The molecule has 0 saturated heterocycles. The molecule has 8 heteroatoms. The van der Waals surface area contributed by atoms with Crippen LogP contribution in [0, 0.1) is 15.9 Å². The van der Waals surface area contributed by atoms with E-state index in [2.05, 4.69) is 20.3 Å². The summed E-state index contributed by atoms with van der Waals surface area (Å²) in [6, 6.07) is 14.2. The number of rotatable bonds is 4. The predicted molar refractivity (Wildman–Crippen MR) is 95.7 cm³/mol. The van der Waals surface area contributed by atoms with E-state index >= 15 is 0 Å². The van der Waals surface area contributed by atoms with Crippen molar-refractivity contribution in [1.29, 1.82) is 0 Å².